The summed E-state index contributed by atoms with van der Waals surface area (Å²) >= 11 is 0. The molecule has 17 heavy (non-hydrogen) atoms. The second-order valence-corrected chi connectivity index (χ2v) is 4.37. The van der Waals surface area contributed by atoms with Crippen LogP contribution in [0.2, 0.25) is 0 Å². The number of carbonyl (C=O) groups excluding carboxylic acids is 1. The lowest BCUT2D eigenvalue weighted by Gasteiger charge is -2.24. The van der Waals surface area contributed by atoms with Gasteiger partial charge in [0, 0.05) is 26.0 Å². The lowest BCUT2D eigenvalue weighted by atomic mass is 9.94. The highest BCUT2D eigenvalue weighted by atomic mass is 16.5. The Bertz CT molecular complexity index is 402. The van der Waals surface area contributed by atoms with E-state index in [-0.39, 0.29) is 24.5 Å². The average Bonchev–Trinajstić information content (AvgIpc) is 2.65. The van der Waals surface area contributed by atoms with Crippen molar-refractivity contribution in [3.63, 3.8) is 0 Å². The molecule has 1 fully saturated rings. The number of ether oxygens (including phenoxy) is 1. The third kappa shape index (κ3) is 2.13. The molecule has 1 aliphatic rings. The van der Waals surface area contributed by atoms with Gasteiger partial charge in [0.2, 0.25) is 5.91 Å². The van der Waals surface area contributed by atoms with E-state index in [0.29, 0.717) is 6.42 Å². The highest BCUT2D eigenvalue weighted by Gasteiger charge is 2.37. The zero-order valence-electron chi connectivity index (χ0n) is 10.1. The van der Waals surface area contributed by atoms with Gasteiger partial charge in [-0.2, -0.15) is 0 Å². The molecule has 2 atom stereocenters. The Balaban J connectivity index is 2.27. The number of carbonyl (C=O) groups is 1. The Labute approximate surface area is 101 Å². The molecule has 1 N–H and O–H groups in total. The van der Waals surface area contributed by atoms with E-state index < -0.39 is 0 Å². The number of likely N-dealkylation sites (tertiary alicyclic amines) is 1. The molecule has 1 aliphatic heterocycles. The summed E-state index contributed by atoms with van der Waals surface area (Å²) < 4.78 is 5.10. The predicted molar refractivity (Wildman–Crippen MR) is 63.7 cm³/mol. The van der Waals surface area contributed by atoms with Crippen LogP contribution in [0.15, 0.2) is 24.3 Å². The minimum atomic E-state index is -0.0293. The van der Waals surface area contributed by atoms with Crippen molar-refractivity contribution in [1.82, 2.24) is 4.90 Å². The first-order chi connectivity index (χ1) is 8.17. The number of rotatable bonds is 3. The van der Waals surface area contributed by atoms with Gasteiger partial charge < -0.3 is 14.7 Å². The van der Waals surface area contributed by atoms with Crippen LogP contribution in [0, 0.1) is 5.92 Å². The Kier molecular flexibility index (Phi) is 3.33. The van der Waals surface area contributed by atoms with Gasteiger partial charge in [-0.05, 0) is 17.7 Å². The highest BCUT2D eigenvalue weighted by molar-refractivity contribution is 5.79. The van der Waals surface area contributed by atoms with Gasteiger partial charge in [-0.1, -0.05) is 12.1 Å². The van der Waals surface area contributed by atoms with Gasteiger partial charge in [0.25, 0.3) is 0 Å². The number of nitrogens with zero attached hydrogens (tertiary/aromatic N) is 1. The van der Waals surface area contributed by atoms with Crippen LogP contribution in [0.4, 0.5) is 0 Å². The van der Waals surface area contributed by atoms with Crippen molar-refractivity contribution in [2.24, 2.45) is 5.92 Å². The van der Waals surface area contributed by atoms with Crippen LogP contribution in [0.3, 0.4) is 0 Å². The lowest BCUT2D eigenvalue weighted by molar-refractivity contribution is -0.127. The molecule has 1 heterocycles. The van der Waals surface area contributed by atoms with Crippen LogP contribution in [0.5, 0.6) is 5.75 Å². The number of hydrogen-bond acceptors (Lipinski definition) is 3. The van der Waals surface area contributed by atoms with E-state index in [9.17, 15) is 9.90 Å². The van der Waals surface area contributed by atoms with Gasteiger partial charge >= 0.3 is 0 Å². The molecule has 92 valence electrons. The monoisotopic (exact) mass is 235 g/mol. The maximum absolute atomic E-state index is 11.6. The first kappa shape index (κ1) is 11.9. The molecule has 0 radical (unpaired) electrons. The van der Waals surface area contributed by atoms with Crippen LogP contribution in [-0.4, -0.2) is 36.7 Å². The topological polar surface area (TPSA) is 49.8 Å². The quantitative estimate of drug-likeness (QED) is 0.856. The van der Waals surface area contributed by atoms with E-state index in [1.54, 1.807) is 19.1 Å². The summed E-state index contributed by atoms with van der Waals surface area (Å²) in [7, 11) is 3.41. The van der Waals surface area contributed by atoms with Crippen molar-refractivity contribution in [3.8, 4) is 5.75 Å². The summed E-state index contributed by atoms with van der Waals surface area (Å²) in [6, 6.07) is 7.61. The zero-order valence-corrected chi connectivity index (χ0v) is 10.1. The maximum atomic E-state index is 11.6. The first-order valence-corrected chi connectivity index (χ1v) is 5.68. The summed E-state index contributed by atoms with van der Waals surface area (Å²) in [5.41, 5.74) is 1.04. The molecule has 1 aromatic carbocycles. The minimum absolute atomic E-state index is 0.0131. The number of hydrogen-bond donors (Lipinski definition) is 1. The molecule has 1 aromatic rings. The van der Waals surface area contributed by atoms with Gasteiger partial charge in [0.15, 0.2) is 0 Å². The first-order valence-electron chi connectivity index (χ1n) is 5.68. The second-order valence-electron chi connectivity index (χ2n) is 4.37. The Morgan fingerprint density at radius 3 is 2.59 bits per heavy atom. The zero-order chi connectivity index (χ0) is 12.4. The third-order valence-electron chi connectivity index (χ3n) is 3.39. The molecule has 1 amide bonds. The van der Waals surface area contributed by atoms with E-state index in [1.165, 1.54) is 0 Å². The molecular weight excluding hydrogens is 218 g/mol. The molecule has 0 aromatic heterocycles. The molecule has 0 bridgehead atoms. The van der Waals surface area contributed by atoms with Crippen molar-refractivity contribution in [1.29, 1.82) is 0 Å². The number of aliphatic hydroxyl groups excluding tert-OH is 1. The normalized spacial score (nSPS) is 24.2. The van der Waals surface area contributed by atoms with Gasteiger partial charge in [0.1, 0.15) is 5.75 Å². The number of benzene rings is 1. The van der Waals surface area contributed by atoms with Crippen molar-refractivity contribution in [2.75, 3.05) is 20.8 Å². The molecule has 0 aliphatic carbocycles. The Morgan fingerprint density at radius 2 is 2.06 bits per heavy atom. The fourth-order valence-corrected chi connectivity index (χ4v) is 2.41. The van der Waals surface area contributed by atoms with Crippen molar-refractivity contribution >= 4 is 5.91 Å². The standard InChI is InChI=1S/C13H17NO3/c1-14-12(16)7-10(8-15)13(14)9-3-5-11(17-2)6-4-9/h3-6,10,13,15H,7-8H2,1-2H3. The highest BCUT2D eigenvalue weighted by Crippen LogP contribution is 2.36. The SMILES string of the molecule is COc1ccc(C2C(CO)CC(=O)N2C)cc1. The molecule has 1 saturated heterocycles. The Morgan fingerprint density at radius 1 is 1.41 bits per heavy atom. The molecule has 0 spiro atoms. The lowest BCUT2D eigenvalue weighted by Crippen LogP contribution is -2.25. The van der Waals surface area contributed by atoms with Gasteiger partial charge in [-0.25, -0.2) is 0 Å². The molecule has 0 saturated carbocycles. The van der Waals surface area contributed by atoms with Crippen LogP contribution in [0.1, 0.15) is 18.0 Å². The molecule has 2 rings (SSSR count). The van der Waals surface area contributed by atoms with E-state index in [2.05, 4.69) is 0 Å². The van der Waals surface area contributed by atoms with Crippen molar-refractivity contribution in [3.05, 3.63) is 29.8 Å². The molecule has 4 heteroatoms. The Hall–Kier alpha value is -1.55. The van der Waals surface area contributed by atoms with E-state index in [1.807, 2.05) is 24.3 Å². The molecule has 2 unspecified atom stereocenters. The summed E-state index contributed by atoms with van der Waals surface area (Å²) in [5.74, 6) is 0.868. The number of aliphatic hydroxyl groups is 1. The smallest absolute Gasteiger partial charge is 0.223 e. The maximum Gasteiger partial charge on any atom is 0.223 e. The molecule has 4 nitrogen and oxygen atoms in total. The van der Waals surface area contributed by atoms with Crippen LogP contribution < -0.4 is 4.74 Å². The van der Waals surface area contributed by atoms with E-state index >= 15 is 0 Å². The number of amides is 1. The van der Waals surface area contributed by atoms with Crippen molar-refractivity contribution in [2.45, 2.75) is 12.5 Å². The third-order valence-corrected chi connectivity index (χ3v) is 3.39. The van der Waals surface area contributed by atoms with Crippen LogP contribution in [0.25, 0.3) is 0 Å². The summed E-state index contributed by atoms with van der Waals surface area (Å²) in [6.45, 7) is 0.0345. The van der Waals surface area contributed by atoms with E-state index in [4.69, 9.17) is 4.74 Å². The van der Waals surface area contributed by atoms with Gasteiger partial charge in [-0.3, -0.25) is 4.79 Å². The summed E-state index contributed by atoms with van der Waals surface area (Å²) in [6.07, 6.45) is 0.420. The minimum Gasteiger partial charge on any atom is -0.497 e. The van der Waals surface area contributed by atoms with Crippen LogP contribution in [-0.2, 0) is 4.79 Å². The number of methoxy groups -OCH3 is 1. The fraction of sp³-hybridized carbons (Fsp3) is 0.462. The summed E-state index contributed by atoms with van der Waals surface area (Å²) in [5, 5.41) is 9.33. The van der Waals surface area contributed by atoms with Gasteiger partial charge in [0.05, 0.1) is 13.2 Å². The average molecular weight is 235 g/mol. The van der Waals surface area contributed by atoms with E-state index in [0.717, 1.165) is 11.3 Å². The molecular formula is C13H17NO3. The van der Waals surface area contributed by atoms with Crippen LogP contribution >= 0.6 is 0 Å². The fourth-order valence-electron chi connectivity index (χ4n) is 2.41. The van der Waals surface area contributed by atoms with Gasteiger partial charge in [-0.15, -0.1) is 0 Å². The summed E-state index contributed by atoms with van der Waals surface area (Å²) in [4.78, 5) is 13.4. The largest absolute Gasteiger partial charge is 0.497 e. The second kappa shape index (κ2) is 4.75. The predicted octanol–water partition coefficient (Wildman–Crippen LogP) is 1.21. The van der Waals surface area contributed by atoms with Crippen molar-refractivity contribution < 1.29 is 14.6 Å².